The highest BCUT2D eigenvalue weighted by molar-refractivity contribution is 6.62. The summed E-state index contributed by atoms with van der Waals surface area (Å²) < 4.78 is 40.5. The van der Waals surface area contributed by atoms with Gasteiger partial charge in [0.1, 0.15) is 5.82 Å². The third kappa shape index (κ3) is 4.33. The molecule has 1 saturated carbocycles. The van der Waals surface area contributed by atoms with Crippen LogP contribution in [0.4, 0.5) is 26.0 Å². The summed E-state index contributed by atoms with van der Waals surface area (Å²) in [6.07, 6.45) is 1.34. The van der Waals surface area contributed by atoms with Crippen LogP contribution in [-0.4, -0.2) is 35.1 Å². The topological polar surface area (TPSA) is 63.7 Å². The van der Waals surface area contributed by atoms with Gasteiger partial charge in [0, 0.05) is 30.5 Å². The van der Waals surface area contributed by atoms with Gasteiger partial charge in [-0.15, -0.1) is 0 Å². The Bertz CT molecular complexity index is 1140. The first-order valence-corrected chi connectivity index (χ1v) is 12.3. The van der Waals surface area contributed by atoms with Crippen molar-refractivity contribution in [2.24, 2.45) is 11.8 Å². The summed E-state index contributed by atoms with van der Waals surface area (Å²) >= 11 is 0. The van der Waals surface area contributed by atoms with Crippen LogP contribution in [0.5, 0.6) is 0 Å². The molecule has 35 heavy (non-hydrogen) atoms. The number of nitrogens with one attached hydrogen (secondary N) is 1. The lowest BCUT2D eigenvalue weighted by atomic mass is 9.77. The molecular weight excluding hydrogens is 451 g/mol. The van der Waals surface area contributed by atoms with Crippen LogP contribution in [0.15, 0.2) is 36.5 Å². The highest BCUT2D eigenvalue weighted by Gasteiger charge is 2.52. The lowest BCUT2D eigenvalue weighted by Gasteiger charge is -2.36. The van der Waals surface area contributed by atoms with Gasteiger partial charge in [-0.1, -0.05) is 19.1 Å². The average molecular weight is 483 g/mol. The zero-order valence-electron chi connectivity index (χ0n) is 20.9. The second kappa shape index (κ2) is 8.27. The molecule has 6 nitrogen and oxygen atoms in total. The lowest BCUT2D eigenvalue weighted by molar-refractivity contribution is -0.130. The highest BCUT2D eigenvalue weighted by Crippen LogP contribution is 2.43. The van der Waals surface area contributed by atoms with E-state index in [2.05, 4.69) is 10.3 Å². The second-order valence-electron chi connectivity index (χ2n) is 11.1. The minimum atomic E-state index is -2.71. The van der Waals surface area contributed by atoms with E-state index in [-0.39, 0.29) is 25.2 Å². The average Bonchev–Trinajstić information content (AvgIpc) is 2.90. The van der Waals surface area contributed by atoms with Crippen molar-refractivity contribution in [2.45, 2.75) is 77.6 Å². The predicted octanol–water partition coefficient (Wildman–Crippen LogP) is 5.04. The Hall–Kier alpha value is -2.52. The molecule has 1 N–H and O–H groups in total. The van der Waals surface area contributed by atoms with Crippen LogP contribution >= 0.6 is 0 Å². The molecular formula is C26H32BF2N3O3. The maximum absolute atomic E-state index is 14.0. The van der Waals surface area contributed by atoms with Gasteiger partial charge in [-0.3, -0.25) is 4.79 Å². The Morgan fingerprint density at radius 1 is 1.17 bits per heavy atom. The number of carbonyl (C=O) groups is 1. The number of fused-ring (bicyclic) bond motifs is 2. The number of hydrogen-bond donors (Lipinski definition) is 1. The van der Waals surface area contributed by atoms with Gasteiger partial charge in [0.05, 0.1) is 29.1 Å². The fourth-order valence-corrected chi connectivity index (χ4v) is 5.20. The van der Waals surface area contributed by atoms with Crippen molar-refractivity contribution in [2.75, 3.05) is 10.2 Å². The number of amides is 1. The number of rotatable bonds is 2. The summed E-state index contributed by atoms with van der Waals surface area (Å²) in [7, 11) is -0.585. The van der Waals surface area contributed by atoms with Crippen molar-refractivity contribution in [3.8, 4) is 0 Å². The van der Waals surface area contributed by atoms with Gasteiger partial charge < -0.3 is 19.5 Å². The van der Waals surface area contributed by atoms with Crippen LogP contribution in [-0.2, 0) is 20.6 Å². The Labute approximate surface area is 205 Å². The SMILES string of the molecule is C[C@@H]1CC(F)(F)CC[C@H]1C(=O)N1Cc2cccnc2Nc2ccc(B3OC(C)(C)C(C)(C)O3)cc21. The van der Waals surface area contributed by atoms with Gasteiger partial charge in [0.15, 0.2) is 0 Å². The van der Waals surface area contributed by atoms with Crippen molar-refractivity contribution in [1.82, 2.24) is 4.98 Å². The van der Waals surface area contributed by atoms with E-state index < -0.39 is 36.1 Å². The molecule has 1 amide bonds. The highest BCUT2D eigenvalue weighted by atomic mass is 19.3. The van der Waals surface area contributed by atoms with E-state index >= 15 is 0 Å². The molecule has 1 aromatic carbocycles. The molecule has 186 valence electrons. The van der Waals surface area contributed by atoms with Gasteiger partial charge in [0.2, 0.25) is 11.8 Å². The molecule has 3 heterocycles. The van der Waals surface area contributed by atoms with Crippen LogP contribution in [0.25, 0.3) is 0 Å². The van der Waals surface area contributed by atoms with E-state index in [1.165, 1.54) is 0 Å². The zero-order valence-corrected chi connectivity index (χ0v) is 20.9. The van der Waals surface area contributed by atoms with Gasteiger partial charge in [-0.2, -0.15) is 0 Å². The maximum Gasteiger partial charge on any atom is 0.494 e. The van der Waals surface area contributed by atoms with E-state index in [0.29, 0.717) is 18.1 Å². The van der Waals surface area contributed by atoms with Crippen molar-refractivity contribution < 1.29 is 22.9 Å². The Kier molecular flexibility index (Phi) is 5.72. The molecule has 9 heteroatoms. The smallest absolute Gasteiger partial charge is 0.399 e. The van der Waals surface area contributed by atoms with Gasteiger partial charge in [-0.05, 0) is 63.7 Å². The normalized spacial score (nSPS) is 26.4. The summed E-state index contributed by atoms with van der Waals surface area (Å²) in [4.78, 5) is 20.1. The van der Waals surface area contributed by atoms with E-state index in [1.54, 1.807) is 18.0 Å². The predicted molar refractivity (Wildman–Crippen MR) is 132 cm³/mol. The van der Waals surface area contributed by atoms with Crippen LogP contribution < -0.4 is 15.7 Å². The Morgan fingerprint density at radius 2 is 1.89 bits per heavy atom. The van der Waals surface area contributed by atoms with Crippen LogP contribution in [0.3, 0.4) is 0 Å². The minimum absolute atomic E-state index is 0.140. The summed E-state index contributed by atoms with van der Waals surface area (Å²) in [6.45, 7) is 10.0. The number of halogens is 2. The second-order valence-corrected chi connectivity index (χ2v) is 11.1. The summed E-state index contributed by atoms with van der Waals surface area (Å²) in [5.74, 6) is -3.06. The molecule has 2 aliphatic heterocycles. The largest absolute Gasteiger partial charge is 0.494 e. The maximum atomic E-state index is 14.0. The van der Waals surface area contributed by atoms with E-state index in [4.69, 9.17) is 9.31 Å². The fourth-order valence-electron chi connectivity index (χ4n) is 5.20. The van der Waals surface area contributed by atoms with E-state index in [9.17, 15) is 13.6 Å². The van der Waals surface area contributed by atoms with E-state index in [0.717, 1.165) is 16.7 Å². The number of alkyl halides is 2. The lowest BCUT2D eigenvalue weighted by Crippen LogP contribution is -2.43. The van der Waals surface area contributed by atoms with Crippen molar-refractivity contribution in [1.29, 1.82) is 0 Å². The Morgan fingerprint density at radius 3 is 2.57 bits per heavy atom. The quantitative estimate of drug-likeness (QED) is 0.607. The summed E-state index contributed by atoms with van der Waals surface area (Å²) in [5.41, 5.74) is 2.06. The molecule has 1 aliphatic carbocycles. The van der Waals surface area contributed by atoms with Gasteiger partial charge in [-0.25, -0.2) is 13.8 Å². The molecule has 0 unspecified atom stereocenters. The fraction of sp³-hybridized carbons (Fsp3) is 0.538. The first-order chi connectivity index (χ1) is 16.4. The molecule has 3 aliphatic rings. The van der Waals surface area contributed by atoms with Crippen LogP contribution in [0.2, 0.25) is 0 Å². The monoisotopic (exact) mass is 483 g/mol. The molecule has 2 atom stereocenters. The summed E-state index contributed by atoms with van der Waals surface area (Å²) in [6, 6.07) is 9.50. The molecule has 2 aromatic rings. The van der Waals surface area contributed by atoms with E-state index in [1.807, 2.05) is 58.0 Å². The van der Waals surface area contributed by atoms with Crippen molar-refractivity contribution >= 4 is 35.7 Å². The number of aromatic nitrogens is 1. The number of pyridine rings is 1. The number of carbonyl (C=O) groups excluding carboxylic acids is 1. The molecule has 1 aromatic heterocycles. The van der Waals surface area contributed by atoms with Crippen LogP contribution in [0.1, 0.15) is 59.4 Å². The third-order valence-electron chi connectivity index (χ3n) is 8.02. The first-order valence-electron chi connectivity index (χ1n) is 12.3. The molecule has 2 fully saturated rings. The van der Waals surface area contributed by atoms with Gasteiger partial charge >= 0.3 is 7.12 Å². The number of anilines is 3. The zero-order chi connectivity index (χ0) is 25.2. The number of nitrogens with zero attached hydrogens (tertiary/aromatic N) is 2. The van der Waals surface area contributed by atoms with Gasteiger partial charge in [0.25, 0.3) is 0 Å². The standard InChI is InChI=1S/C26H32BF2N3O3/c1-16-14-26(28,29)11-10-19(16)23(33)32-15-17-7-6-12-30-22(17)31-20-9-8-18(13-21(20)32)27-34-24(2,3)25(4,5)35-27/h6-9,12-13,16,19H,10-11,14-15H2,1-5H3,(H,30,31)/t16-,19-/m1/s1. The first kappa shape index (κ1) is 24.2. The number of benzene rings is 1. The van der Waals surface area contributed by atoms with Crippen molar-refractivity contribution in [3.63, 3.8) is 0 Å². The molecule has 1 saturated heterocycles. The Balaban J connectivity index is 1.53. The molecule has 0 radical (unpaired) electrons. The number of hydrogen-bond acceptors (Lipinski definition) is 5. The summed E-state index contributed by atoms with van der Waals surface area (Å²) in [5, 5.41) is 3.36. The molecule has 5 rings (SSSR count). The minimum Gasteiger partial charge on any atom is -0.399 e. The molecule has 0 spiro atoms. The van der Waals surface area contributed by atoms with Crippen molar-refractivity contribution in [3.05, 3.63) is 42.1 Å². The third-order valence-corrected chi connectivity index (χ3v) is 8.02. The molecule has 0 bridgehead atoms. The van der Waals surface area contributed by atoms with Crippen LogP contribution in [0, 0.1) is 11.8 Å².